The van der Waals surface area contributed by atoms with Crippen molar-refractivity contribution < 1.29 is 8.42 Å². The quantitative estimate of drug-likeness (QED) is 0.871. The van der Waals surface area contributed by atoms with Gasteiger partial charge in [-0.15, -0.1) is 0 Å². The average molecular weight is 324 g/mol. The van der Waals surface area contributed by atoms with Crippen LogP contribution in [0.25, 0.3) is 0 Å². The lowest BCUT2D eigenvalue weighted by molar-refractivity contribution is 0.161. The van der Waals surface area contributed by atoms with Crippen molar-refractivity contribution in [1.82, 2.24) is 10.2 Å². The number of nitrogens with zero attached hydrogens (tertiary/aromatic N) is 1. The van der Waals surface area contributed by atoms with Crippen LogP contribution >= 0.6 is 0 Å². The highest BCUT2D eigenvalue weighted by Gasteiger charge is 2.20. The minimum absolute atomic E-state index is 0.119. The molecule has 1 N–H and O–H groups in total. The van der Waals surface area contributed by atoms with E-state index in [1.807, 2.05) is 24.3 Å². The normalized spacial score (nSPS) is 18.0. The molecule has 0 aliphatic carbocycles. The van der Waals surface area contributed by atoms with Gasteiger partial charge in [0.1, 0.15) is 0 Å². The number of hydrogen-bond acceptors (Lipinski definition) is 4. The number of nitrogens with one attached hydrogen (secondary N) is 1. The second-order valence-electron chi connectivity index (χ2n) is 6.67. The third kappa shape index (κ3) is 5.71. The second kappa shape index (κ2) is 7.57. The van der Waals surface area contributed by atoms with Crippen molar-refractivity contribution in [2.75, 3.05) is 19.3 Å². The number of likely N-dealkylation sites (tertiary alicyclic amines) is 1. The van der Waals surface area contributed by atoms with Gasteiger partial charge in [0, 0.05) is 24.9 Å². The summed E-state index contributed by atoms with van der Waals surface area (Å²) in [5.41, 5.74) is 2.07. The number of rotatable bonds is 6. The first kappa shape index (κ1) is 17.4. The molecule has 22 heavy (non-hydrogen) atoms. The van der Waals surface area contributed by atoms with E-state index in [0.717, 1.165) is 12.1 Å². The fraction of sp³-hybridized carbons (Fsp3) is 0.647. The Morgan fingerprint density at radius 3 is 2.18 bits per heavy atom. The monoisotopic (exact) mass is 324 g/mol. The molecule has 1 aromatic rings. The van der Waals surface area contributed by atoms with Gasteiger partial charge in [-0.1, -0.05) is 24.3 Å². The minimum Gasteiger partial charge on any atom is -0.310 e. The summed E-state index contributed by atoms with van der Waals surface area (Å²) in [5, 5.41) is 3.62. The highest BCUT2D eigenvalue weighted by molar-refractivity contribution is 7.89. The zero-order chi connectivity index (χ0) is 16.2. The molecule has 0 spiro atoms. The molecular weight excluding hydrogens is 296 g/mol. The maximum Gasteiger partial charge on any atom is 0.151 e. The highest BCUT2D eigenvalue weighted by atomic mass is 32.2. The van der Waals surface area contributed by atoms with Gasteiger partial charge >= 0.3 is 0 Å². The summed E-state index contributed by atoms with van der Waals surface area (Å²) in [4.78, 5) is 2.53. The van der Waals surface area contributed by atoms with Gasteiger partial charge in [-0.3, -0.25) is 0 Å². The first-order valence-corrected chi connectivity index (χ1v) is 10.1. The van der Waals surface area contributed by atoms with E-state index >= 15 is 0 Å². The van der Waals surface area contributed by atoms with E-state index in [-0.39, 0.29) is 5.75 Å². The van der Waals surface area contributed by atoms with Crippen molar-refractivity contribution in [3.05, 3.63) is 35.4 Å². The Morgan fingerprint density at radius 2 is 1.68 bits per heavy atom. The van der Waals surface area contributed by atoms with Crippen LogP contribution in [-0.2, 0) is 22.1 Å². The van der Waals surface area contributed by atoms with Gasteiger partial charge < -0.3 is 10.2 Å². The largest absolute Gasteiger partial charge is 0.310 e. The molecule has 1 fully saturated rings. The summed E-state index contributed by atoms with van der Waals surface area (Å²) >= 11 is 0. The van der Waals surface area contributed by atoms with Crippen molar-refractivity contribution in [3.63, 3.8) is 0 Å². The van der Waals surface area contributed by atoms with E-state index in [4.69, 9.17) is 0 Å². The Hall–Kier alpha value is -0.910. The summed E-state index contributed by atoms with van der Waals surface area (Å²) in [6.45, 7) is 7.70. The fourth-order valence-electron chi connectivity index (χ4n) is 2.94. The van der Waals surface area contributed by atoms with Crippen molar-refractivity contribution in [2.24, 2.45) is 0 Å². The summed E-state index contributed by atoms with van der Waals surface area (Å²) < 4.78 is 22.6. The molecule has 0 radical (unpaired) electrons. The Balaban J connectivity index is 1.78. The molecule has 5 heteroatoms. The fourth-order valence-corrected chi connectivity index (χ4v) is 3.74. The van der Waals surface area contributed by atoms with Gasteiger partial charge in [-0.05, 0) is 50.9 Å². The standard InChI is InChI=1S/C17H28N2O2S/c1-14(2)19-10-8-17(9-11-19)18-12-15-4-6-16(7-5-15)13-22(3,20)21/h4-7,14,17-18H,8-13H2,1-3H3. The number of piperidine rings is 1. The zero-order valence-corrected chi connectivity index (χ0v) is 14.7. The Bertz CT molecular complexity index is 559. The van der Waals surface area contributed by atoms with E-state index in [0.29, 0.717) is 12.1 Å². The van der Waals surface area contributed by atoms with Crippen molar-refractivity contribution >= 4 is 9.84 Å². The van der Waals surface area contributed by atoms with E-state index < -0.39 is 9.84 Å². The minimum atomic E-state index is -2.95. The Kier molecular flexibility index (Phi) is 6.01. The maximum absolute atomic E-state index is 11.3. The van der Waals surface area contributed by atoms with Crippen LogP contribution in [0.2, 0.25) is 0 Å². The molecule has 0 unspecified atom stereocenters. The summed E-state index contributed by atoms with van der Waals surface area (Å²) in [7, 11) is -2.95. The Morgan fingerprint density at radius 1 is 1.14 bits per heavy atom. The van der Waals surface area contributed by atoms with Gasteiger partial charge in [0.05, 0.1) is 5.75 Å². The zero-order valence-electron chi connectivity index (χ0n) is 13.9. The predicted octanol–water partition coefficient (Wildman–Crippen LogP) is 2.19. The van der Waals surface area contributed by atoms with Crippen LogP contribution in [0.5, 0.6) is 0 Å². The van der Waals surface area contributed by atoms with Gasteiger partial charge in [-0.25, -0.2) is 8.42 Å². The predicted molar refractivity (Wildman–Crippen MR) is 91.6 cm³/mol. The molecule has 0 aromatic heterocycles. The van der Waals surface area contributed by atoms with Crippen LogP contribution in [0.3, 0.4) is 0 Å². The average Bonchev–Trinajstić information content (AvgIpc) is 2.45. The van der Waals surface area contributed by atoms with Gasteiger partial charge in [-0.2, -0.15) is 0 Å². The molecule has 0 atom stereocenters. The highest BCUT2D eigenvalue weighted by Crippen LogP contribution is 2.14. The Labute approximate surface area is 134 Å². The van der Waals surface area contributed by atoms with Crippen LogP contribution in [-0.4, -0.2) is 44.7 Å². The lowest BCUT2D eigenvalue weighted by Crippen LogP contribution is -2.44. The number of benzene rings is 1. The topological polar surface area (TPSA) is 49.4 Å². The summed E-state index contributed by atoms with van der Waals surface area (Å²) in [6, 6.07) is 9.11. The van der Waals surface area contributed by atoms with E-state index in [1.165, 1.54) is 37.8 Å². The lowest BCUT2D eigenvalue weighted by Gasteiger charge is -2.35. The molecule has 1 heterocycles. The molecule has 0 saturated carbocycles. The second-order valence-corrected chi connectivity index (χ2v) is 8.81. The molecule has 1 aliphatic rings. The molecule has 2 rings (SSSR count). The van der Waals surface area contributed by atoms with E-state index in [9.17, 15) is 8.42 Å². The number of hydrogen-bond donors (Lipinski definition) is 1. The first-order valence-electron chi connectivity index (χ1n) is 8.06. The van der Waals surface area contributed by atoms with Gasteiger partial charge in [0.25, 0.3) is 0 Å². The third-order valence-electron chi connectivity index (χ3n) is 4.31. The third-order valence-corrected chi connectivity index (χ3v) is 5.16. The van der Waals surface area contributed by atoms with E-state index in [2.05, 4.69) is 24.1 Å². The van der Waals surface area contributed by atoms with Crippen LogP contribution in [0.15, 0.2) is 24.3 Å². The number of sulfone groups is 1. The lowest BCUT2D eigenvalue weighted by atomic mass is 10.0. The summed E-state index contributed by atoms with van der Waals surface area (Å²) in [6.07, 6.45) is 3.67. The molecule has 1 saturated heterocycles. The molecule has 1 aliphatic heterocycles. The van der Waals surface area contributed by atoms with Crippen molar-refractivity contribution in [3.8, 4) is 0 Å². The van der Waals surface area contributed by atoms with Crippen molar-refractivity contribution in [2.45, 2.75) is 51.1 Å². The smallest absolute Gasteiger partial charge is 0.151 e. The molecule has 0 amide bonds. The maximum atomic E-state index is 11.3. The molecule has 0 bridgehead atoms. The van der Waals surface area contributed by atoms with Crippen LogP contribution in [0.4, 0.5) is 0 Å². The molecule has 1 aromatic carbocycles. The van der Waals surface area contributed by atoms with Crippen LogP contribution < -0.4 is 5.32 Å². The summed E-state index contributed by atoms with van der Waals surface area (Å²) in [5.74, 6) is 0.119. The van der Waals surface area contributed by atoms with Gasteiger partial charge in [0.2, 0.25) is 0 Å². The van der Waals surface area contributed by atoms with Crippen LogP contribution in [0, 0.1) is 0 Å². The van der Waals surface area contributed by atoms with Crippen LogP contribution in [0.1, 0.15) is 37.8 Å². The molecular formula is C17H28N2O2S. The molecule has 4 nitrogen and oxygen atoms in total. The SMILES string of the molecule is CC(C)N1CCC(NCc2ccc(CS(C)(=O)=O)cc2)CC1. The van der Waals surface area contributed by atoms with Crippen molar-refractivity contribution in [1.29, 1.82) is 0 Å². The first-order chi connectivity index (χ1) is 10.3. The molecule has 124 valence electrons. The van der Waals surface area contributed by atoms with E-state index in [1.54, 1.807) is 0 Å². The van der Waals surface area contributed by atoms with Gasteiger partial charge in [0.15, 0.2) is 9.84 Å².